The molecular weight excluding hydrogens is 310 g/mol. The van der Waals surface area contributed by atoms with Crippen LogP contribution >= 0.6 is 0 Å². The molecule has 2 N–H and O–H groups in total. The van der Waals surface area contributed by atoms with Crippen molar-refractivity contribution in [3.63, 3.8) is 0 Å². The van der Waals surface area contributed by atoms with Crippen LogP contribution in [0.4, 0.5) is 0 Å². The first-order valence-electron chi connectivity index (χ1n) is 7.18. The summed E-state index contributed by atoms with van der Waals surface area (Å²) in [5.74, 6) is 0.175. The van der Waals surface area contributed by atoms with Gasteiger partial charge in [0.05, 0.1) is 7.11 Å². The average Bonchev–Trinajstić information content (AvgIpc) is 2.57. The van der Waals surface area contributed by atoms with Gasteiger partial charge in [0.1, 0.15) is 17.2 Å². The van der Waals surface area contributed by atoms with Crippen LogP contribution in [0.1, 0.15) is 16.2 Å². The maximum absolute atomic E-state index is 11.7. The molecule has 0 amide bonds. The molecule has 0 saturated heterocycles. The smallest absolute Gasteiger partial charge is 0.360 e. The second kappa shape index (κ2) is 6.08. The molecule has 1 aromatic heterocycles. The molecule has 0 aliphatic rings. The quantitative estimate of drug-likeness (QED) is 0.716. The molecule has 0 aliphatic heterocycles. The van der Waals surface area contributed by atoms with E-state index in [1.54, 1.807) is 43.3 Å². The molecule has 0 atom stereocenters. The Morgan fingerprint density at radius 3 is 2.50 bits per heavy atom. The molecule has 122 valence electrons. The molecule has 24 heavy (non-hydrogen) atoms. The van der Waals surface area contributed by atoms with Crippen LogP contribution in [0.3, 0.4) is 0 Å². The number of aromatic nitrogens is 1. The van der Waals surface area contributed by atoms with E-state index < -0.39 is 5.97 Å². The van der Waals surface area contributed by atoms with Gasteiger partial charge in [0, 0.05) is 22.5 Å². The summed E-state index contributed by atoms with van der Waals surface area (Å²) in [7, 11) is 1.23. The van der Waals surface area contributed by atoms with Gasteiger partial charge in [0.15, 0.2) is 11.4 Å². The van der Waals surface area contributed by atoms with Crippen LogP contribution in [-0.4, -0.2) is 28.3 Å². The molecule has 1 heterocycles. The van der Waals surface area contributed by atoms with Gasteiger partial charge < -0.3 is 19.7 Å². The van der Waals surface area contributed by atoms with Crippen LogP contribution in [-0.2, 0) is 4.74 Å². The number of nitrogens with zero attached hydrogens (tertiary/aromatic N) is 1. The molecule has 0 bridgehead atoms. The number of carbonyl (C=O) groups excluding carboxylic acids is 1. The van der Waals surface area contributed by atoms with Gasteiger partial charge in [-0.25, -0.2) is 9.78 Å². The van der Waals surface area contributed by atoms with Gasteiger partial charge in [-0.1, -0.05) is 6.07 Å². The third-order valence-electron chi connectivity index (χ3n) is 3.57. The SMILES string of the molecule is COC(=O)c1nc(C)c2cc(Oc3cccc(O)c3)ccc2c1O. The molecule has 3 rings (SSSR count). The molecule has 0 saturated carbocycles. The zero-order valence-corrected chi connectivity index (χ0v) is 13.1. The number of esters is 1. The van der Waals surface area contributed by atoms with Crippen LogP contribution in [0.25, 0.3) is 10.8 Å². The predicted octanol–water partition coefficient (Wildman–Crippen LogP) is 3.53. The molecule has 0 unspecified atom stereocenters. The lowest BCUT2D eigenvalue weighted by Crippen LogP contribution is -2.06. The molecule has 2 aromatic carbocycles. The second-order valence-corrected chi connectivity index (χ2v) is 5.19. The summed E-state index contributed by atoms with van der Waals surface area (Å²) in [4.78, 5) is 15.8. The fraction of sp³-hybridized carbons (Fsp3) is 0.111. The van der Waals surface area contributed by atoms with E-state index in [1.807, 2.05) is 0 Å². The monoisotopic (exact) mass is 325 g/mol. The second-order valence-electron chi connectivity index (χ2n) is 5.19. The van der Waals surface area contributed by atoms with E-state index in [2.05, 4.69) is 9.72 Å². The Labute approximate surface area is 137 Å². The van der Waals surface area contributed by atoms with Gasteiger partial charge in [-0.15, -0.1) is 0 Å². The van der Waals surface area contributed by atoms with E-state index in [-0.39, 0.29) is 17.2 Å². The van der Waals surface area contributed by atoms with Crippen LogP contribution in [0.15, 0.2) is 42.5 Å². The van der Waals surface area contributed by atoms with Gasteiger partial charge in [0.2, 0.25) is 0 Å². The van der Waals surface area contributed by atoms with Crippen LogP contribution < -0.4 is 4.74 Å². The number of phenolic OH excluding ortho intramolecular Hbond substituents is 1. The normalized spacial score (nSPS) is 10.6. The summed E-state index contributed by atoms with van der Waals surface area (Å²) < 4.78 is 10.3. The number of aromatic hydroxyl groups is 2. The van der Waals surface area contributed by atoms with Crippen molar-refractivity contribution >= 4 is 16.7 Å². The molecule has 0 fully saturated rings. The minimum atomic E-state index is -0.697. The molecule has 3 aromatic rings. The summed E-state index contributed by atoms with van der Waals surface area (Å²) in [6.45, 7) is 1.73. The summed E-state index contributed by atoms with van der Waals surface area (Å²) in [5, 5.41) is 20.9. The summed E-state index contributed by atoms with van der Waals surface area (Å²) in [5.41, 5.74) is 0.439. The van der Waals surface area contributed by atoms with E-state index in [4.69, 9.17) is 4.74 Å². The van der Waals surface area contributed by atoms with Crippen molar-refractivity contribution in [2.45, 2.75) is 6.92 Å². The zero-order chi connectivity index (χ0) is 17.3. The lowest BCUT2D eigenvalue weighted by atomic mass is 10.1. The Balaban J connectivity index is 2.05. The van der Waals surface area contributed by atoms with Crippen molar-refractivity contribution in [2.75, 3.05) is 7.11 Å². The predicted molar refractivity (Wildman–Crippen MR) is 87.7 cm³/mol. The van der Waals surface area contributed by atoms with Crippen molar-refractivity contribution < 1.29 is 24.5 Å². The topological polar surface area (TPSA) is 88.9 Å². The number of methoxy groups -OCH3 is 1. The van der Waals surface area contributed by atoms with Crippen LogP contribution in [0.5, 0.6) is 23.0 Å². The van der Waals surface area contributed by atoms with Crippen molar-refractivity contribution in [3.05, 3.63) is 53.9 Å². The van der Waals surface area contributed by atoms with Gasteiger partial charge >= 0.3 is 5.97 Å². The standard InChI is InChI=1S/C18H15NO5/c1-10-15-9-13(24-12-5-3-4-11(20)8-12)6-7-14(15)17(21)16(19-10)18(22)23-2/h3-9,20-21H,1-2H3. The van der Waals surface area contributed by atoms with Gasteiger partial charge in [-0.05, 0) is 37.3 Å². The highest BCUT2D eigenvalue weighted by Gasteiger charge is 2.18. The Kier molecular flexibility index (Phi) is 3.95. The molecular formula is C18H15NO5. The fourth-order valence-corrected chi connectivity index (χ4v) is 2.42. The van der Waals surface area contributed by atoms with E-state index in [0.29, 0.717) is 28.0 Å². The highest BCUT2D eigenvalue weighted by atomic mass is 16.5. The van der Waals surface area contributed by atoms with E-state index in [0.717, 1.165) is 0 Å². The van der Waals surface area contributed by atoms with Crippen molar-refractivity contribution in [1.29, 1.82) is 0 Å². The van der Waals surface area contributed by atoms with Gasteiger partial charge in [0.25, 0.3) is 0 Å². The van der Waals surface area contributed by atoms with Crippen LogP contribution in [0.2, 0.25) is 0 Å². The maximum Gasteiger partial charge on any atom is 0.360 e. The number of aryl methyl sites for hydroxylation is 1. The third kappa shape index (κ3) is 2.81. The van der Waals surface area contributed by atoms with E-state index in [9.17, 15) is 15.0 Å². The Morgan fingerprint density at radius 2 is 1.79 bits per heavy atom. The Morgan fingerprint density at radius 1 is 1.04 bits per heavy atom. The number of hydrogen-bond donors (Lipinski definition) is 2. The number of phenols is 1. The van der Waals surface area contributed by atoms with Crippen molar-refractivity contribution in [2.24, 2.45) is 0 Å². The number of benzene rings is 2. The number of ether oxygens (including phenoxy) is 2. The molecule has 6 nitrogen and oxygen atoms in total. The highest BCUT2D eigenvalue weighted by Crippen LogP contribution is 2.34. The highest BCUT2D eigenvalue weighted by molar-refractivity contribution is 6.00. The first kappa shape index (κ1) is 15.6. The number of pyridine rings is 1. The van der Waals surface area contributed by atoms with E-state index in [1.165, 1.54) is 13.2 Å². The van der Waals surface area contributed by atoms with Gasteiger partial charge in [-0.3, -0.25) is 0 Å². The summed E-state index contributed by atoms with van der Waals surface area (Å²) in [6.07, 6.45) is 0. The number of hydrogen-bond acceptors (Lipinski definition) is 6. The first-order valence-corrected chi connectivity index (χ1v) is 7.18. The number of fused-ring (bicyclic) bond motifs is 1. The minimum absolute atomic E-state index is 0.103. The van der Waals surface area contributed by atoms with Gasteiger partial charge in [-0.2, -0.15) is 0 Å². The lowest BCUT2D eigenvalue weighted by Gasteiger charge is -2.11. The zero-order valence-electron chi connectivity index (χ0n) is 13.1. The van der Waals surface area contributed by atoms with E-state index >= 15 is 0 Å². The molecule has 6 heteroatoms. The number of rotatable bonds is 3. The fourth-order valence-electron chi connectivity index (χ4n) is 2.42. The summed E-state index contributed by atoms with van der Waals surface area (Å²) >= 11 is 0. The Hall–Kier alpha value is -3.28. The third-order valence-corrected chi connectivity index (χ3v) is 3.57. The first-order chi connectivity index (χ1) is 11.5. The summed E-state index contributed by atoms with van der Waals surface area (Å²) in [6, 6.07) is 11.4. The lowest BCUT2D eigenvalue weighted by molar-refractivity contribution is 0.0590. The van der Waals surface area contributed by atoms with Crippen LogP contribution in [0, 0.1) is 6.92 Å². The largest absolute Gasteiger partial charge is 0.508 e. The molecule has 0 aliphatic carbocycles. The van der Waals surface area contributed by atoms with Crippen molar-refractivity contribution in [3.8, 4) is 23.0 Å². The Bertz CT molecular complexity index is 936. The minimum Gasteiger partial charge on any atom is -0.508 e. The average molecular weight is 325 g/mol. The van der Waals surface area contributed by atoms with Crippen molar-refractivity contribution in [1.82, 2.24) is 4.98 Å². The molecule has 0 spiro atoms. The molecule has 0 radical (unpaired) electrons. The maximum atomic E-state index is 11.7. The number of carbonyl (C=O) groups is 1.